The Labute approximate surface area is 89.6 Å². The minimum absolute atomic E-state index is 0.262. The molecule has 14 heavy (non-hydrogen) atoms. The van der Waals surface area contributed by atoms with Crippen molar-refractivity contribution in [3.63, 3.8) is 0 Å². The van der Waals surface area contributed by atoms with E-state index in [1.54, 1.807) is 11.4 Å². The molecule has 0 unspecified atom stereocenters. The summed E-state index contributed by atoms with van der Waals surface area (Å²) in [5.74, 6) is -0.457. The van der Waals surface area contributed by atoms with Crippen LogP contribution >= 0.6 is 24.0 Å². The van der Waals surface area contributed by atoms with Crippen LogP contribution < -0.4 is 5.46 Å². The molecule has 0 atom stereocenters. The van der Waals surface area contributed by atoms with Crippen LogP contribution in [0.25, 0.3) is 10.1 Å². The van der Waals surface area contributed by atoms with Crippen LogP contribution in [0.5, 0.6) is 0 Å². The zero-order chi connectivity index (χ0) is 10.3. The average molecular weight is 228 g/mol. The van der Waals surface area contributed by atoms with E-state index in [-0.39, 0.29) is 4.90 Å². The van der Waals surface area contributed by atoms with Gasteiger partial charge in [-0.25, -0.2) is 4.39 Å². The molecule has 2 rings (SSSR count). The van der Waals surface area contributed by atoms with Gasteiger partial charge in [0.15, 0.2) is 0 Å². The highest BCUT2D eigenvalue weighted by Crippen LogP contribution is 2.24. The lowest BCUT2D eigenvalue weighted by Gasteiger charge is -1.98. The van der Waals surface area contributed by atoms with Crippen molar-refractivity contribution in [3.05, 3.63) is 23.3 Å². The summed E-state index contributed by atoms with van der Waals surface area (Å²) in [5.41, 5.74) is 0.331. The summed E-state index contributed by atoms with van der Waals surface area (Å²) >= 11 is 5.27. The molecule has 1 aromatic heterocycles. The molecule has 6 heteroatoms. The van der Waals surface area contributed by atoms with Crippen LogP contribution in [0, 0.1) is 5.82 Å². The maximum atomic E-state index is 13.1. The predicted octanol–water partition coefficient (Wildman–Crippen LogP) is 1.01. The van der Waals surface area contributed by atoms with Gasteiger partial charge in [0.1, 0.15) is 5.82 Å². The van der Waals surface area contributed by atoms with E-state index in [9.17, 15) is 4.39 Å². The molecule has 2 aromatic rings. The smallest absolute Gasteiger partial charge is 0.423 e. The molecule has 72 valence electrons. The highest BCUT2D eigenvalue weighted by molar-refractivity contribution is 7.80. The lowest BCUT2D eigenvalue weighted by molar-refractivity contribution is 0.426. The summed E-state index contributed by atoms with van der Waals surface area (Å²) < 4.78 is 13.9. The van der Waals surface area contributed by atoms with Crippen molar-refractivity contribution in [1.29, 1.82) is 0 Å². The normalized spacial score (nSPS) is 10.9. The Morgan fingerprint density at radius 2 is 2.07 bits per heavy atom. The Hall–Kier alpha value is -0.555. The van der Waals surface area contributed by atoms with E-state index in [0.717, 1.165) is 4.70 Å². The van der Waals surface area contributed by atoms with E-state index in [1.807, 2.05) is 0 Å². The fourth-order valence-corrected chi connectivity index (χ4v) is 2.53. The van der Waals surface area contributed by atoms with E-state index in [1.165, 1.54) is 17.4 Å². The van der Waals surface area contributed by atoms with Gasteiger partial charge in [0.2, 0.25) is 0 Å². The molecule has 1 heterocycles. The largest absolute Gasteiger partial charge is 0.489 e. The van der Waals surface area contributed by atoms with E-state index in [2.05, 4.69) is 12.6 Å². The van der Waals surface area contributed by atoms with Gasteiger partial charge in [-0.15, -0.1) is 24.0 Å². The zero-order valence-corrected chi connectivity index (χ0v) is 8.65. The summed E-state index contributed by atoms with van der Waals surface area (Å²) in [4.78, 5) is 0.262. The van der Waals surface area contributed by atoms with E-state index in [4.69, 9.17) is 10.0 Å². The van der Waals surface area contributed by atoms with E-state index >= 15 is 0 Å². The molecular formula is C8H6BFO2S2. The first-order valence-electron chi connectivity index (χ1n) is 3.85. The van der Waals surface area contributed by atoms with Gasteiger partial charge in [-0.05, 0) is 22.9 Å². The topological polar surface area (TPSA) is 40.5 Å². The molecule has 0 radical (unpaired) electrons. The van der Waals surface area contributed by atoms with E-state index in [0.29, 0.717) is 10.8 Å². The molecule has 1 aromatic carbocycles. The number of thiol groups is 1. The van der Waals surface area contributed by atoms with Crippen molar-refractivity contribution in [3.8, 4) is 0 Å². The molecule has 0 aliphatic rings. The number of fused-ring (bicyclic) bond motifs is 1. The van der Waals surface area contributed by atoms with Crippen LogP contribution in [-0.2, 0) is 0 Å². The minimum Gasteiger partial charge on any atom is -0.423 e. The highest BCUT2D eigenvalue weighted by atomic mass is 32.1. The van der Waals surface area contributed by atoms with Crippen LogP contribution in [0.2, 0.25) is 0 Å². The molecule has 0 aliphatic carbocycles. The molecule has 0 saturated heterocycles. The summed E-state index contributed by atoms with van der Waals surface area (Å²) in [6.45, 7) is 0. The quantitative estimate of drug-likeness (QED) is 0.503. The second kappa shape index (κ2) is 3.54. The van der Waals surface area contributed by atoms with Crippen LogP contribution in [0.4, 0.5) is 4.39 Å². The number of rotatable bonds is 1. The second-order valence-electron chi connectivity index (χ2n) is 2.86. The summed E-state index contributed by atoms with van der Waals surface area (Å²) in [5, 5.41) is 20.1. The molecule has 0 fully saturated rings. The third kappa shape index (κ3) is 1.54. The van der Waals surface area contributed by atoms with Gasteiger partial charge >= 0.3 is 7.12 Å². The van der Waals surface area contributed by atoms with E-state index < -0.39 is 12.9 Å². The molecule has 0 bridgehead atoms. The summed E-state index contributed by atoms with van der Waals surface area (Å²) in [6.07, 6.45) is 0. The first kappa shape index (κ1) is 9.98. The molecule has 2 N–H and O–H groups in total. The first-order chi connectivity index (χ1) is 6.59. The van der Waals surface area contributed by atoms with Gasteiger partial charge in [-0.1, -0.05) is 0 Å². The van der Waals surface area contributed by atoms with Crippen molar-refractivity contribution < 1.29 is 14.4 Å². The number of hydrogen-bond donors (Lipinski definition) is 3. The third-order valence-corrected chi connectivity index (χ3v) is 3.26. The lowest BCUT2D eigenvalue weighted by atomic mass is 9.80. The Kier molecular flexibility index (Phi) is 2.53. The minimum atomic E-state index is -1.56. The van der Waals surface area contributed by atoms with Crippen molar-refractivity contribution in [2.45, 2.75) is 4.90 Å². The maximum Gasteiger partial charge on any atom is 0.489 e. The van der Waals surface area contributed by atoms with Crippen molar-refractivity contribution in [2.75, 3.05) is 0 Å². The Bertz CT molecular complexity index is 483. The number of benzene rings is 1. The number of thiophene rings is 1. The van der Waals surface area contributed by atoms with Crippen molar-refractivity contribution in [2.24, 2.45) is 0 Å². The van der Waals surface area contributed by atoms with Crippen LogP contribution in [0.1, 0.15) is 0 Å². The highest BCUT2D eigenvalue weighted by Gasteiger charge is 2.17. The van der Waals surface area contributed by atoms with Gasteiger partial charge in [-0.2, -0.15) is 0 Å². The molecule has 2 nitrogen and oxygen atoms in total. The Morgan fingerprint density at radius 1 is 1.36 bits per heavy atom. The van der Waals surface area contributed by atoms with Gasteiger partial charge < -0.3 is 10.0 Å². The third-order valence-electron chi connectivity index (χ3n) is 1.95. The maximum absolute atomic E-state index is 13.1. The fraction of sp³-hybridized carbons (Fsp3) is 0. The molecule has 0 spiro atoms. The van der Waals surface area contributed by atoms with Gasteiger partial charge in [0, 0.05) is 15.1 Å². The standard InChI is InChI=1S/C8H6BFO2S2/c10-6-1-4-5(9(11)12)3-14-8(4)2-7(6)13/h1-3,11-13H. The average Bonchev–Trinajstić information content (AvgIpc) is 2.48. The first-order valence-corrected chi connectivity index (χ1v) is 5.18. The van der Waals surface area contributed by atoms with Gasteiger partial charge in [0.25, 0.3) is 0 Å². The number of hydrogen-bond acceptors (Lipinski definition) is 4. The lowest BCUT2D eigenvalue weighted by Crippen LogP contribution is -2.28. The second-order valence-corrected chi connectivity index (χ2v) is 4.26. The van der Waals surface area contributed by atoms with Crippen LogP contribution in [0.3, 0.4) is 0 Å². The zero-order valence-electron chi connectivity index (χ0n) is 6.94. The molecule has 0 amide bonds. The van der Waals surface area contributed by atoms with Crippen LogP contribution in [-0.4, -0.2) is 17.2 Å². The molecule has 0 saturated carbocycles. The molecular weight excluding hydrogens is 222 g/mol. The van der Waals surface area contributed by atoms with Crippen molar-refractivity contribution in [1.82, 2.24) is 0 Å². The molecule has 0 aliphatic heterocycles. The fourth-order valence-electron chi connectivity index (χ4n) is 1.26. The number of halogens is 1. The van der Waals surface area contributed by atoms with Crippen molar-refractivity contribution >= 4 is 46.6 Å². The van der Waals surface area contributed by atoms with Gasteiger partial charge in [-0.3, -0.25) is 0 Å². The SMILES string of the molecule is OB(O)c1csc2cc(S)c(F)cc12. The summed E-state index contributed by atoms with van der Waals surface area (Å²) in [7, 11) is -1.56. The monoisotopic (exact) mass is 228 g/mol. The van der Waals surface area contributed by atoms with Crippen LogP contribution in [0.15, 0.2) is 22.4 Å². The van der Waals surface area contributed by atoms with Gasteiger partial charge in [0.05, 0.1) is 0 Å². The Morgan fingerprint density at radius 3 is 2.71 bits per heavy atom. The predicted molar refractivity (Wildman–Crippen MR) is 58.9 cm³/mol. The Balaban J connectivity index is 2.74. The summed E-state index contributed by atoms with van der Waals surface area (Å²) in [6, 6.07) is 2.84.